The molecule has 2 aromatic rings. The molecule has 2 fully saturated rings. The third-order valence-corrected chi connectivity index (χ3v) is 7.09. The van der Waals surface area contributed by atoms with E-state index in [4.69, 9.17) is 11.6 Å². The number of fused-ring (bicyclic) bond motifs is 2. The summed E-state index contributed by atoms with van der Waals surface area (Å²) in [7, 11) is 0. The average Bonchev–Trinajstić information content (AvgIpc) is 3.40. The fraction of sp³-hybridized carbons (Fsp3) is 0.417. The Kier molecular flexibility index (Phi) is 5.82. The Labute approximate surface area is 195 Å². The Balaban J connectivity index is 1.15. The smallest absolute Gasteiger partial charge is 0.351 e. The number of rotatable bonds is 4. The molecule has 33 heavy (non-hydrogen) atoms. The molecule has 9 heteroatoms. The molecule has 1 amide bonds. The minimum atomic E-state index is -4.38. The van der Waals surface area contributed by atoms with Crippen LogP contribution in [0.3, 0.4) is 0 Å². The first-order chi connectivity index (χ1) is 15.8. The van der Waals surface area contributed by atoms with Gasteiger partial charge < -0.3 is 9.80 Å². The van der Waals surface area contributed by atoms with Gasteiger partial charge in [-0.25, -0.2) is 4.98 Å². The largest absolute Gasteiger partial charge is 0.417 e. The number of alkyl halides is 3. The lowest BCUT2D eigenvalue weighted by molar-refractivity contribution is -0.137. The van der Waals surface area contributed by atoms with Crippen LogP contribution in [0.4, 0.5) is 19.0 Å². The van der Waals surface area contributed by atoms with Crippen molar-refractivity contribution >= 4 is 28.9 Å². The van der Waals surface area contributed by atoms with Crippen molar-refractivity contribution in [3.63, 3.8) is 0 Å². The van der Waals surface area contributed by atoms with Crippen molar-refractivity contribution in [2.24, 2.45) is 0 Å². The number of halogens is 4. The van der Waals surface area contributed by atoms with Crippen molar-refractivity contribution in [1.29, 1.82) is 0 Å². The Morgan fingerprint density at radius 1 is 1.09 bits per heavy atom. The standard InChI is InChI=1S/C24H24ClF3N4O/c25-19-4-1-16(2-5-19)17-7-9-30(10-8-17)23(33)15-31-13-21-11-20(31)14-32(21)22-6-3-18(12-29-22)24(26,27)28/h1-7,12,20-21H,8-11,13-15H2. The lowest BCUT2D eigenvalue weighted by atomic mass is 9.99. The molecule has 3 aliphatic heterocycles. The summed E-state index contributed by atoms with van der Waals surface area (Å²) in [5.74, 6) is 0.686. The molecule has 4 heterocycles. The zero-order valence-electron chi connectivity index (χ0n) is 17.9. The normalized spacial score (nSPS) is 23.2. The molecule has 3 aliphatic rings. The van der Waals surface area contributed by atoms with Crippen molar-refractivity contribution in [2.45, 2.75) is 31.1 Å². The summed E-state index contributed by atoms with van der Waals surface area (Å²) in [5, 5.41) is 0.708. The molecule has 0 N–H and O–H groups in total. The monoisotopic (exact) mass is 476 g/mol. The van der Waals surface area contributed by atoms with E-state index < -0.39 is 11.7 Å². The van der Waals surface area contributed by atoms with Crippen LogP contribution < -0.4 is 4.90 Å². The van der Waals surface area contributed by atoms with E-state index >= 15 is 0 Å². The minimum Gasteiger partial charge on any atom is -0.351 e. The fourth-order valence-electron chi connectivity index (χ4n) is 5.04. The summed E-state index contributed by atoms with van der Waals surface area (Å²) in [4.78, 5) is 23.1. The van der Waals surface area contributed by atoms with Crippen LogP contribution in [-0.2, 0) is 11.0 Å². The van der Waals surface area contributed by atoms with E-state index in [-0.39, 0.29) is 18.0 Å². The second kappa shape index (κ2) is 8.65. The number of amides is 1. The van der Waals surface area contributed by atoms with Crippen LogP contribution in [0.1, 0.15) is 24.0 Å². The molecule has 174 valence electrons. The molecule has 5 rings (SSSR count). The van der Waals surface area contributed by atoms with Gasteiger partial charge in [0.2, 0.25) is 5.91 Å². The van der Waals surface area contributed by atoms with E-state index in [1.807, 2.05) is 29.2 Å². The molecule has 0 spiro atoms. The van der Waals surface area contributed by atoms with Gasteiger partial charge in [-0.2, -0.15) is 13.2 Å². The average molecular weight is 477 g/mol. The number of aromatic nitrogens is 1. The first-order valence-corrected chi connectivity index (χ1v) is 11.4. The fourth-order valence-corrected chi connectivity index (χ4v) is 5.17. The predicted molar refractivity (Wildman–Crippen MR) is 121 cm³/mol. The van der Waals surface area contributed by atoms with E-state index in [1.165, 1.54) is 11.6 Å². The van der Waals surface area contributed by atoms with Crippen molar-refractivity contribution in [3.05, 3.63) is 64.8 Å². The zero-order chi connectivity index (χ0) is 23.2. The Morgan fingerprint density at radius 3 is 2.45 bits per heavy atom. The number of pyridine rings is 1. The summed E-state index contributed by atoms with van der Waals surface area (Å²) in [6.45, 7) is 3.06. The van der Waals surface area contributed by atoms with Gasteiger partial charge >= 0.3 is 6.18 Å². The molecule has 0 aliphatic carbocycles. The number of piperazine rings is 1. The highest BCUT2D eigenvalue weighted by Crippen LogP contribution is 2.35. The number of carbonyl (C=O) groups excluding carboxylic acids is 1. The first kappa shape index (κ1) is 22.2. The van der Waals surface area contributed by atoms with Crippen LogP contribution >= 0.6 is 11.6 Å². The summed E-state index contributed by atoms with van der Waals surface area (Å²) in [6.07, 6.45) is 0.332. The highest BCUT2D eigenvalue weighted by molar-refractivity contribution is 6.30. The Bertz CT molecular complexity index is 1050. The molecule has 1 aromatic carbocycles. The first-order valence-electron chi connectivity index (χ1n) is 11.0. The summed E-state index contributed by atoms with van der Waals surface area (Å²) in [6, 6.07) is 10.7. The maximum Gasteiger partial charge on any atom is 0.417 e. The zero-order valence-corrected chi connectivity index (χ0v) is 18.7. The van der Waals surface area contributed by atoms with Gasteiger partial charge in [-0.1, -0.05) is 29.8 Å². The van der Waals surface area contributed by atoms with Gasteiger partial charge in [0, 0.05) is 49.5 Å². The highest BCUT2D eigenvalue weighted by atomic mass is 35.5. The van der Waals surface area contributed by atoms with Crippen LogP contribution in [0.25, 0.3) is 5.57 Å². The summed E-state index contributed by atoms with van der Waals surface area (Å²) >= 11 is 5.97. The van der Waals surface area contributed by atoms with Crippen LogP contribution in [0.5, 0.6) is 0 Å². The topological polar surface area (TPSA) is 39.7 Å². The van der Waals surface area contributed by atoms with Crippen LogP contribution in [0.15, 0.2) is 48.7 Å². The maximum absolute atomic E-state index is 12.9. The second-order valence-electron chi connectivity index (χ2n) is 8.85. The number of benzene rings is 1. The molecule has 2 atom stereocenters. The van der Waals surface area contributed by atoms with Crippen LogP contribution in [0.2, 0.25) is 5.02 Å². The molecule has 5 nitrogen and oxygen atoms in total. The van der Waals surface area contributed by atoms with Crippen LogP contribution in [0, 0.1) is 0 Å². The van der Waals surface area contributed by atoms with Gasteiger partial charge in [0.05, 0.1) is 12.1 Å². The summed E-state index contributed by atoms with van der Waals surface area (Å²) in [5.41, 5.74) is 1.63. The van der Waals surface area contributed by atoms with Crippen molar-refractivity contribution in [3.8, 4) is 0 Å². The Morgan fingerprint density at radius 2 is 1.88 bits per heavy atom. The minimum absolute atomic E-state index is 0.119. The van der Waals surface area contributed by atoms with Gasteiger partial charge in [-0.05, 0) is 48.2 Å². The van der Waals surface area contributed by atoms with Gasteiger partial charge in [0.25, 0.3) is 0 Å². The third-order valence-electron chi connectivity index (χ3n) is 6.84. The molecular formula is C24H24ClF3N4O. The quantitative estimate of drug-likeness (QED) is 0.658. The predicted octanol–water partition coefficient (Wildman–Crippen LogP) is 4.33. The lowest BCUT2D eigenvalue weighted by Gasteiger charge is -2.36. The maximum atomic E-state index is 12.9. The molecular weight excluding hydrogens is 453 g/mol. The van der Waals surface area contributed by atoms with Gasteiger partial charge in [-0.15, -0.1) is 0 Å². The molecule has 0 saturated carbocycles. The highest BCUT2D eigenvalue weighted by Gasteiger charge is 2.44. The summed E-state index contributed by atoms with van der Waals surface area (Å²) < 4.78 is 38.4. The van der Waals surface area contributed by atoms with Gasteiger partial charge in [0.15, 0.2) is 0 Å². The third kappa shape index (κ3) is 4.59. The van der Waals surface area contributed by atoms with E-state index in [2.05, 4.69) is 20.9 Å². The molecule has 2 unspecified atom stereocenters. The van der Waals surface area contributed by atoms with Crippen molar-refractivity contribution in [2.75, 3.05) is 37.6 Å². The number of hydrogen-bond donors (Lipinski definition) is 0. The van der Waals surface area contributed by atoms with Gasteiger partial charge in [-0.3, -0.25) is 9.69 Å². The second-order valence-corrected chi connectivity index (χ2v) is 9.29. The number of hydrogen-bond acceptors (Lipinski definition) is 4. The molecule has 0 radical (unpaired) electrons. The van der Waals surface area contributed by atoms with E-state index in [0.717, 1.165) is 37.2 Å². The van der Waals surface area contributed by atoms with E-state index in [0.29, 0.717) is 37.0 Å². The number of carbonyl (C=O) groups is 1. The van der Waals surface area contributed by atoms with Crippen LogP contribution in [-0.4, -0.2) is 65.5 Å². The van der Waals surface area contributed by atoms with Crippen molar-refractivity contribution < 1.29 is 18.0 Å². The number of nitrogens with zero attached hydrogens (tertiary/aromatic N) is 4. The SMILES string of the molecule is O=C(CN1CC2CC1CN2c1ccc(C(F)(F)F)cn1)N1CC=C(c2ccc(Cl)cc2)CC1. The molecule has 2 saturated heterocycles. The van der Waals surface area contributed by atoms with Gasteiger partial charge in [0.1, 0.15) is 5.82 Å². The number of anilines is 1. The van der Waals surface area contributed by atoms with E-state index in [1.54, 1.807) is 0 Å². The molecule has 1 aromatic heterocycles. The number of likely N-dealkylation sites (tertiary alicyclic amines) is 1. The van der Waals surface area contributed by atoms with Crippen molar-refractivity contribution in [1.82, 2.24) is 14.8 Å². The Hall–Kier alpha value is -2.58. The molecule has 2 bridgehead atoms. The lowest BCUT2D eigenvalue weighted by Crippen LogP contribution is -2.50. The van der Waals surface area contributed by atoms with E-state index in [9.17, 15) is 18.0 Å².